The lowest BCUT2D eigenvalue weighted by Gasteiger charge is -2.33. The maximum absolute atomic E-state index is 11.7. The standard InChI is InChI=1S/C11H19NO5/c1-11(2,3)17-10(15)12-4-5-16-8(7-12)6-9(13)14/h8H,4-7H2,1-3H3,(H,13,14)/t8-/m1/s1. The molecule has 0 aromatic carbocycles. The number of amides is 1. The third-order valence-corrected chi connectivity index (χ3v) is 2.19. The van der Waals surface area contributed by atoms with Crippen molar-refractivity contribution in [1.29, 1.82) is 0 Å². The molecule has 0 aromatic rings. The Morgan fingerprint density at radius 1 is 1.47 bits per heavy atom. The zero-order valence-electron chi connectivity index (χ0n) is 10.4. The van der Waals surface area contributed by atoms with Crippen molar-refractivity contribution >= 4 is 12.1 Å². The van der Waals surface area contributed by atoms with Gasteiger partial charge in [-0.25, -0.2) is 4.79 Å². The fourth-order valence-electron chi connectivity index (χ4n) is 1.53. The largest absolute Gasteiger partial charge is 0.481 e. The molecule has 1 aliphatic rings. The van der Waals surface area contributed by atoms with Gasteiger partial charge in [-0.05, 0) is 20.8 Å². The molecule has 0 spiro atoms. The summed E-state index contributed by atoms with van der Waals surface area (Å²) in [6, 6.07) is 0. The number of aliphatic carboxylic acids is 1. The number of ether oxygens (including phenoxy) is 2. The van der Waals surface area contributed by atoms with E-state index in [0.29, 0.717) is 13.2 Å². The van der Waals surface area contributed by atoms with Crippen molar-refractivity contribution in [2.45, 2.75) is 38.9 Å². The van der Waals surface area contributed by atoms with Crippen molar-refractivity contribution in [3.8, 4) is 0 Å². The van der Waals surface area contributed by atoms with E-state index in [9.17, 15) is 9.59 Å². The molecule has 0 unspecified atom stereocenters. The van der Waals surface area contributed by atoms with E-state index in [1.165, 1.54) is 4.90 Å². The van der Waals surface area contributed by atoms with E-state index < -0.39 is 23.8 Å². The first-order valence-electron chi connectivity index (χ1n) is 5.59. The zero-order valence-corrected chi connectivity index (χ0v) is 10.4. The minimum Gasteiger partial charge on any atom is -0.481 e. The summed E-state index contributed by atoms with van der Waals surface area (Å²) < 4.78 is 10.5. The number of hydrogen-bond acceptors (Lipinski definition) is 4. The number of nitrogens with zero attached hydrogens (tertiary/aromatic N) is 1. The second-order valence-corrected chi connectivity index (χ2v) is 5.02. The van der Waals surface area contributed by atoms with Gasteiger partial charge < -0.3 is 19.5 Å². The molecule has 1 heterocycles. The highest BCUT2D eigenvalue weighted by Crippen LogP contribution is 2.14. The van der Waals surface area contributed by atoms with Crippen LogP contribution in [0.2, 0.25) is 0 Å². The van der Waals surface area contributed by atoms with Crippen LogP contribution < -0.4 is 0 Å². The molecule has 1 N–H and O–H groups in total. The van der Waals surface area contributed by atoms with Crippen LogP contribution in [0.25, 0.3) is 0 Å². The fraction of sp³-hybridized carbons (Fsp3) is 0.818. The van der Waals surface area contributed by atoms with E-state index in [0.717, 1.165) is 0 Å². The maximum atomic E-state index is 11.7. The number of morpholine rings is 1. The van der Waals surface area contributed by atoms with Crippen molar-refractivity contribution in [1.82, 2.24) is 4.90 Å². The van der Waals surface area contributed by atoms with Crippen LogP contribution in [0.1, 0.15) is 27.2 Å². The van der Waals surface area contributed by atoms with Crippen molar-refractivity contribution in [2.75, 3.05) is 19.7 Å². The first kappa shape index (κ1) is 13.8. The molecule has 1 atom stereocenters. The molecule has 1 aliphatic heterocycles. The summed E-state index contributed by atoms with van der Waals surface area (Å²) in [4.78, 5) is 23.8. The molecule has 17 heavy (non-hydrogen) atoms. The molecule has 0 radical (unpaired) electrons. The number of carbonyl (C=O) groups is 2. The molecular weight excluding hydrogens is 226 g/mol. The highest BCUT2D eigenvalue weighted by molar-refractivity contribution is 5.69. The van der Waals surface area contributed by atoms with Crippen LogP contribution in [0, 0.1) is 0 Å². The Morgan fingerprint density at radius 2 is 2.12 bits per heavy atom. The van der Waals surface area contributed by atoms with Crippen LogP contribution in [0.15, 0.2) is 0 Å². The number of carboxylic acids is 1. The Kier molecular flexibility index (Phi) is 4.34. The van der Waals surface area contributed by atoms with Crippen molar-refractivity contribution in [3.63, 3.8) is 0 Å². The minimum atomic E-state index is -0.930. The summed E-state index contributed by atoms with van der Waals surface area (Å²) >= 11 is 0. The van der Waals surface area contributed by atoms with Crippen LogP contribution in [-0.2, 0) is 14.3 Å². The summed E-state index contributed by atoms with van der Waals surface area (Å²) in [6.45, 7) is 6.42. The van der Waals surface area contributed by atoms with E-state index in [1.807, 2.05) is 0 Å². The lowest BCUT2D eigenvalue weighted by Crippen LogP contribution is -2.48. The predicted octanol–water partition coefficient (Wildman–Crippen LogP) is 1.10. The van der Waals surface area contributed by atoms with Crippen molar-refractivity contribution in [2.24, 2.45) is 0 Å². The zero-order chi connectivity index (χ0) is 13.1. The number of hydrogen-bond donors (Lipinski definition) is 1. The molecule has 0 bridgehead atoms. The van der Waals surface area contributed by atoms with Crippen LogP contribution in [0.4, 0.5) is 4.79 Å². The highest BCUT2D eigenvalue weighted by atomic mass is 16.6. The molecule has 98 valence electrons. The first-order valence-corrected chi connectivity index (χ1v) is 5.59. The molecule has 1 fully saturated rings. The summed E-state index contributed by atoms with van der Waals surface area (Å²) in [6.07, 6.45) is -0.968. The van der Waals surface area contributed by atoms with Gasteiger partial charge in [0, 0.05) is 6.54 Å². The van der Waals surface area contributed by atoms with Gasteiger partial charge in [-0.15, -0.1) is 0 Å². The van der Waals surface area contributed by atoms with E-state index in [2.05, 4.69) is 0 Å². The molecule has 0 aromatic heterocycles. The number of carboxylic acid groups (broad SMARTS) is 1. The predicted molar refractivity (Wildman–Crippen MR) is 59.8 cm³/mol. The van der Waals surface area contributed by atoms with Gasteiger partial charge in [0.2, 0.25) is 0 Å². The SMILES string of the molecule is CC(C)(C)OC(=O)N1CCO[C@H](CC(=O)O)C1. The van der Waals surface area contributed by atoms with Gasteiger partial charge in [0.25, 0.3) is 0 Å². The monoisotopic (exact) mass is 245 g/mol. The molecule has 1 rings (SSSR count). The van der Waals surface area contributed by atoms with Crippen molar-refractivity contribution in [3.05, 3.63) is 0 Å². The van der Waals surface area contributed by atoms with Gasteiger partial charge in [-0.2, -0.15) is 0 Å². The van der Waals surface area contributed by atoms with Crippen LogP contribution >= 0.6 is 0 Å². The Morgan fingerprint density at radius 3 is 2.65 bits per heavy atom. The van der Waals surface area contributed by atoms with E-state index in [1.54, 1.807) is 20.8 Å². The Balaban J connectivity index is 2.49. The molecule has 1 saturated heterocycles. The van der Waals surface area contributed by atoms with Gasteiger partial charge in [-0.3, -0.25) is 4.79 Å². The average Bonchev–Trinajstić information content (AvgIpc) is 2.14. The summed E-state index contributed by atoms with van der Waals surface area (Å²) in [5, 5.41) is 8.66. The Labute approximate surface area is 100 Å². The third-order valence-electron chi connectivity index (χ3n) is 2.19. The second kappa shape index (κ2) is 5.35. The average molecular weight is 245 g/mol. The van der Waals surface area contributed by atoms with Gasteiger partial charge in [0.1, 0.15) is 5.60 Å². The first-order chi connectivity index (χ1) is 7.78. The van der Waals surface area contributed by atoms with E-state index >= 15 is 0 Å². The highest BCUT2D eigenvalue weighted by Gasteiger charge is 2.29. The summed E-state index contributed by atoms with van der Waals surface area (Å²) in [5.74, 6) is -0.930. The van der Waals surface area contributed by atoms with Crippen LogP contribution in [0.3, 0.4) is 0 Å². The quantitative estimate of drug-likeness (QED) is 0.788. The second-order valence-electron chi connectivity index (χ2n) is 5.02. The molecule has 0 saturated carbocycles. The van der Waals surface area contributed by atoms with Crippen LogP contribution in [-0.4, -0.2) is 53.5 Å². The maximum Gasteiger partial charge on any atom is 0.410 e. The molecule has 0 aliphatic carbocycles. The third kappa shape index (κ3) is 5.04. The van der Waals surface area contributed by atoms with Gasteiger partial charge in [0.15, 0.2) is 0 Å². The lowest BCUT2D eigenvalue weighted by atomic mass is 10.2. The normalized spacial score (nSPS) is 21.1. The smallest absolute Gasteiger partial charge is 0.410 e. The molecular formula is C11H19NO5. The molecule has 1 amide bonds. The Hall–Kier alpha value is -1.30. The van der Waals surface area contributed by atoms with E-state index in [4.69, 9.17) is 14.6 Å². The Bertz CT molecular complexity index is 297. The van der Waals surface area contributed by atoms with E-state index in [-0.39, 0.29) is 13.0 Å². The summed E-state index contributed by atoms with van der Waals surface area (Å²) in [7, 11) is 0. The fourth-order valence-corrected chi connectivity index (χ4v) is 1.53. The molecule has 6 nitrogen and oxygen atoms in total. The van der Waals surface area contributed by atoms with Gasteiger partial charge >= 0.3 is 12.1 Å². The van der Waals surface area contributed by atoms with Crippen LogP contribution in [0.5, 0.6) is 0 Å². The minimum absolute atomic E-state index is 0.0979. The topological polar surface area (TPSA) is 76.1 Å². The van der Waals surface area contributed by atoms with Crippen molar-refractivity contribution < 1.29 is 24.2 Å². The summed E-state index contributed by atoms with van der Waals surface area (Å²) in [5.41, 5.74) is -0.544. The van der Waals surface area contributed by atoms with Gasteiger partial charge in [-0.1, -0.05) is 0 Å². The molecule has 6 heteroatoms. The van der Waals surface area contributed by atoms with Gasteiger partial charge in [0.05, 0.1) is 25.7 Å². The lowest BCUT2D eigenvalue weighted by molar-refractivity contribution is -0.142. The number of carbonyl (C=O) groups excluding carboxylic acids is 1. The number of rotatable bonds is 2.